The molecule has 0 saturated carbocycles. The molecule has 0 amide bonds. The van der Waals surface area contributed by atoms with Crippen molar-refractivity contribution in [3.05, 3.63) is 17.6 Å². The molecule has 1 aromatic rings. The average molecular weight is 318 g/mol. The van der Waals surface area contributed by atoms with E-state index in [1.807, 2.05) is 6.92 Å². The minimum Gasteiger partial charge on any atom is -0.376 e. The smallest absolute Gasteiger partial charge is 0.132 e. The molecule has 1 aromatic heterocycles. The lowest BCUT2D eigenvalue weighted by Crippen LogP contribution is -2.36. The average Bonchev–Trinajstić information content (AvgIpc) is 2.61. The van der Waals surface area contributed by atoms with Gasteiger partial charge in [0.15, 0.2) is 0 Å². The maximum Gasteiger partial charge on any atom is 0.132 e. The fraction of sp³-hybridized carbons (Fsp3) is 0.778. The summed E-state index contributed by atoms with van der Waals surface area (Å²) in [6.07, 6.45) is 6.35. The Labute approximate surface area is 139 Å². The van der Waals surface area contributed by atoms with Gasteiger partial charge in [-0.05, 0) is 59.0 Å². The minimum atomic E-state index is 0.348. The zero-order valence-electron chi connectivity index (χ0n) is 14.6. The van der Waals surface area contributed by atoms with Crippen LogP contribution in [0.2, 0.25) is 0 Å². The van der Waals surface area contributed by atoms with Crippen molar-refractivity contribution in [2.75, 3.05) is 37.7 Å². The SMILES string of the molecule is CCN(CC1CCCCO1)c1cc(C2CCNCC2)nc(C)n1. The summed E-state index contributed by atoms with van der Waals surface area (Å²) in [7, 11) is 0. The Balaban J connectivity index is 1.74. The number of likely N-dealkylation sites (N-methyl/N-ethyl adjacent to an activating group) is 1. The van der Waals surface area contributed by atoms with E-state index in [2.05, 4.69) is 23.2 Å². The lowest BCUT2D eigenvalue weighted by atomic mass is 9.94. The van der Waals surface area contributed by atoms with Crippen LogP contribution in [-0.4, -0.2) is 48.9 Å². The van der Waals surface area contributed by atoms with E-state index >= 15 is 0 Å². The molecule has 0 aromatic carbocycles. The molecule has 1 atom stereocenters. The summed E-state index contributed by atoms with van der Waals surface area (Å²) in [5, 5.41) is 3.43. The second-order valence-corrected chi connectivity index (χ2v) is 6.75. The summed E-state index contributed by atoms with van der Waals surface area (Å²) >= 11 is 0. The molecule has 0 bridgehead atoms. The number of nitrogens with one attached hydrogen (secondary N) is 1. The summed E-state index contributed by atoms with van der Waals surface area (Å²) in [4.78, 5) is 11.8. The Bertz CT molecular complexity index is 496. The van der Waals surface area contributed by atoms with Crippen LogP contribution in [0, 0.1) is 6.92 Å². The van der Waals surface area contributed by atoms with E-state index in [1.165, 1.54) is 37.8 Å². The maximum absolute atomic E-state index is 5.92. The van der Waals surface area contributed by atoms with Gasteiger partial charge in [-0.25, -0.2) is 9.97 Å². The number of aromatic nitrogens is 2. The van der Waals surface area contributed by atoms with Crippen molar-refractivity contribution >= 4 is 5.82 Å². The van der Waals surface area contributed by atoms with Crippen LogP contribution in [0.5, 0.6) is 0 Å². The van der Waals surface area contributed by atoms with Crippen molar-refractivity contribution in [1.82, 2.24) is 15.3 Å². The summed E-state index contributed by atoms with van der Waals surface area (Å²) in [5.74, 6) is 2.53. The minimum absolute atomic E-state index is 0.348. The van der Waals surface area contributed by atoms with Crippen LogP contribution in [0.1, 0.15) is 56.5 Å². The number of rotatable bonds is 5. The molecule has 3 rings (SSSR count). The molecule has 128 valence electrons. The lowest BCUT2D eigenvalue weighted by Gasteiger charge is -2.31. The highest BCUT2D eigenvalue weighted by Gasteiger charge is 2.21. The number of piperidine rings is 1. The molecule has 0 aliphatic carbocycles. The number of hydrogen-bond donors (Lipinski definition) is 1. The first kappa shape index (κ1) is 16.7. The Morgan fingerprint density at radius 1 is 1.22 bits per heavy atom. The molecule has 1 N–H and O–H groups in total. The number of anilines is 1. The van der Waals surface area contributed by atoms with E-state index in [4.69, 9.17) is 14.7 Å². The third-order valence-corrected chi connectivity index (χ3v) is 5.01. The summed E-state index contributed by atoms with van der Waals surface area (Å²) in [6, 6.07) is 2.22. The zero-order valence-corrected chi connectivity index (χ0v) is 14.6. The molecule has 23 heavy (non-hydrogen) atoms. The van der Waals surface area contributed by atoms with Gasteiger partial charge in [0, 0.05) is 37.4 Å². The van der Waals surface area contributed by atoms with Gasteiger partial charge in [-0.15, -0.1) is 0 Å². The Hall–Kier alpha value is -1.20. The highest BCUT2D eigenvalue weighted by molar-refractivity contribution is 5.41. The number of aryl methyl sites for hydroxylation is 1. The van der Waals surface area contributed by atoms with Crippen molar-refractivity contribution in [2.24, 2.45) is 0 Å². The van der Waals surface area contributed by atoms with E-state index in [1.54, 1.807) is 0 Å². The van der Waals surface area contributed by atoms with Crippen molar-refractivity contribution in [1.29, 1.82) is 0 Å². The Kier molecular flexibility index (Phi) is 5.84. The van der Waals surface area contributed by atoms with E-state index in [0.29, 0.717) is 12.0 Å². The number of nitrogens with zero attached hydrogens (tertiary/aromatic N) is 3. The molecule has 5 nitrogen and oxygen atoms in total. The van der Waals surface area contributed by atoms with Crippen molar-refractivity contribution in [3.63, 3.8) is 0 Å². The summed E-state index contributed by atoms with van der Waals surface area (Å²) in [6.45, 7) is 9.21. The van der Waals surface area contributed by atoms with Crippen LogP contribution in [0.15, 0.2) is 6.07 Å². The summed E-state index contributed by atoms with van der Waals surface area (Å²) in [5.41, 5.74) is 1.22. The Morgan fingerprint density at radius 3 is 2.74 bits per heavy atom. The van der Waals surface area contributed by atoms with Crippen molar-refractivity contribution in [2.45, 2.75) is 58.0 Å². The molecule has 0 spiro atoms. The van der Waals surface area contributed by atoms with Gasteiger partial charge in [0.1, 0.15) is 11.6 Å². The molecule has 2 aliphatic heterocycles. The molecule has 2 fully saturated rings. The third-order valence-electron chi connectivity index (χ3n) is 5.01. The van der Waals surface area contributed by atoms with Crippen molar-refractivity contribution < 1.29 is 4.74 Å². The summed E-state index contributed by atoms with van der Waals surface area (Å²) < 4.78 is 5.92. The lowest BCUT2D eigenvalue weighted by molar-refractivity contribution is 0.0210. The molecule has 2 aliphatic rings. The molecular formula is C18H30N4O. The maximum atomic E-state index is 5.92. The quantitative estimate of drug-likeness (QED) is 0.904. The molecule has 1 unspecified atom stereocenters. The first-order valence-electron chi connectivity index (χ1n) is 9.19. The van der Waals surface area contributed by atoms with E-state index in [0.717, 1.165) is 44.4 Å². The largest absolute Gasteiger partial charge is 0.376 e. The van der Waals surface area contributed by atoms with E-state index < -0.39 is 0 Å². The first-order chi connectivity index (χ1) is 11.3. The van der Waals surface area contributed by atoms with Crippen molar-refractivity contribution in [3.8, 4) is 0 Å². The molecule has 0 radical (unpaired) electrons. The molecule has 5 heteroatoms. The third kappa shape index (κ3) is 4.42. The van der Waals surface area contributed by atoms with Gasteiger partial charge in [-0.3, -0.25) is 0 Å². The fourth-order valence-electron chi connectivity index (χ4n) is 3.65. The van der Waals surface area contributed by atoms with Gasteiger partial charge in [-0.2, -0.15) is 0 Å². The van der Waals surface area contributed by atoms with Crippen LogP contribution in [0.4, 0.5) is 5.82 Å². The second kappa shape index (κ2) is 8.06. The van der Waals surface area contributed by atoms with E-state index in [-0.39, 0.29) is 0 Å². The fourth-order valence-corrected chi connectivity index (χ4v) is 3.65. The normalized spacial score (nSPS) is 23.0. The van der Waals surface area contributed by atoms with Gasteiger partial charge in [0.05, 0.1) is 6.10 Å². The van der Waals surface area contributed by atoms with Gasteiger partial charge in [-0.1, -0.05) is 0 Å². The van der Waals surface area contributed by atoms with Gasteiger partial charge in [0.25, 0.3) is 0 Å². The predicted molar refractivity (Wildman–Crippen MR) is 93.1 cm³/mol. The van der Waals surface area contributed by atoms with Gasteiger partial charge < -0.3 is 15.0 Å². The highest BCUT2D eigenvalue weighted by atomic mass is 16.5. The topological polar surface area (TPSA) is 50.3 Å². The zero-order chi connectivity index (χ0) is 16.1. The number of hydrogen-bond acceptors (Lipinski definition) is 5. The number of ether oxygens (including phenoxy) is 1. The standard InChI is InChI=1S/C18H30N4O/c1-3-22(13-16-6-4-5-11-23-16)18-12-17(20-14(2)21-18)15-7-9-19-10-8-15/h12,15-16,19H,3-11,13H2,1-2H3. The molecular weight excluding hydrogens is 288 g/mol. The van der Waals surface area contributed by atoms with Crippen LogP contribution >= 0.6 is 0 Å². The van der Waals surface area contributed by atoms with Gasteiger partial charge >= 0.3 is 0 Å². The second-order valence-electron chi connectivity index (χ2n) is 6.75. The van der Waals surface area contributed by atoms with Crippen LogP contribution in [0.25, 0.3) is 0 Å². The van der Waals surface area contributed by atoms with Crippen LogP contribution in [-0.2, 0) is 4.74 Å². The van der Waals surface area contributed by atoms with Crippen LogP contribution < -0.4 is 10.2 Å². The predicted octanol–water partition coefficient (Wildman–Crippen LogP) is 2.65. The molecule has 2 saturated heterocycles. The first-order valence-corrected chi connectivity index (χ1v) is 9.19. The Morgan fingerprint density at radius 2 is 2.04 bits per heavy atom. The molecule has 3 heterocycles. The van der Waals surface area contributed by atoms with Crippen LogP contribution in [0.3, 0.4) is 0 Å². The van der Waals surface area contributed by atoms with Gasteiger partial charge in [0.2, 0.25) is 0 Å². The van der Waals surface area contributed by atoms with E-state index in [9.17, 15) is 0 Å². The monoisotopic (exact) mass is 318 g/mol. The highest BCUT2D eigenvalue weighted by Crippen LogP contribution is 2.26.